The van der Waals surface area contributed by atoms with Crippen LogP contribution in [-0.2, 0) is 22.6 Å². The van der Waals surface area contributed by atoms with Crippen LogP contribution in [0.25, 0.3) is 0 Å². The van der Waals surface area contributed by atoms with Crippen molar-refractivity contribution in [2.75, 3.05) is 19.7 Å². The molecular weight excluding hydrogens is 194 g/mol. The first-order valence-electron chi connectivity index (χ1n) is 5.17. The fourth-order valence-corrected chi connectivity index (χ4v) is 1.75. The van der Waals surface area contributed by atoms with E-state index in [9.17, 15) is 4.79 Å². The Bertz CT molecular complexity index is 348. The predicted octanol–water partition coefficient (Wildman–Crippen LogP) is 0.262. The maximum Gasteiger partial charge on any atom is 0.320 e. The van der Waals surface area contributed by atoms with Crippen LogP contribution in [0.2, 0.25) is 0 Å². The molecule has 0 aliphatic carbocycles. The molecule has 0 spiro atoms. The van der Waals surface area contributed by atoms with Gasteiger partial charge >= 0.3 is 5.97 Å². The van der Waals surface area contributed by atoms with Crippen molar-refractivity contribution in [1.29, 1.82) is 0 Å². The zero-order chi connectivity index (χ0) is 10.7. The fraction of sp³-hybridized carbons (Fsp3) is 0.600. The van der Waals surface area contributed by atoms with E-state index in [1.54, 1.807) is 6.20 Å². The summed E-state index contributed by atoms with van der Waals surface area (Å²) in [5.74, 6) is 0.864. The summed E-state index contributed by atoms with van der Waals surface area (Å²) in [6, 6.07) is 0. The van der Waals surface area contributed by atoms with Gasteiger partial charge in [-0.25, -0.2) is 4.98 Å². The van der Waals surface area contributed by atoms with E-state index < -0.39 is 0 Å². The van der Waals surface area contributed by atoms with Gasteiger partial charge in [-0.3, -0.25) is 9.69 Å². The van der Waals surface area contributed by atoms with Gasteiger partial charge in [-0.2, -0.15) is 0 Å². The lowest BCUT2D eigenvalue weighted by molar-refractivity contribution is -0.144. The number of nitrogens with zero attached hydrogens (tertiary/aromatic N) is 3. The Balaban J connectivity index is 1.90. The average molecular weight is 209 g/mol. The number of carbonyl (C=O) groups excluding carboxylic acids is 1. The monoisotopic (exact) mass is 209 g/mol. The van der Waals surface area contributed by atoms with Gasteiger partial charge in [-0.05, 0) is 6.92 Å². The largest absolute Gasteiger partial charge is 0.465 e. The quantitative estimate of drug-likeness (QED) is 0.670. The number of hydrogen-bond acceptors (Lipinski definition) is 4. The van der Waals surface area contributed by atoms with Crippen molar-refractivity contribution >= 4 is 5.97 Å². The summed E-state index contributed by atoms with van der Waals surface area (Å²) in [5.41, 5.74) is 0. The molecule has 1 aromatic heterocycles. The first-order valence-corrected chi connectivity index (χ1v) is 5.17. The Morgan fingerprint density at radius 2 is 2.47 bits per heavy atom. The van der Waals surface area contributed by atoms with Crippen LogP contribution in [0, 0.1) is 0 Å². The molecule has 5 heteroatoms. The zero-order valence-electron chi connectivity index (χ0n) is 8.85. The van der Waals surface area contributed by atoms with Crippen LogP contribution < -0.4 is 0 Å². The number of fused-ring (bicyclic) bond motifs is 1. The van der Waals surface area contributed by atoms with E-state index in [4.69, 9.17) is 4.74 Å². The van der Waals surface area contributed by atoms with E-state index in [1.807, 2.05) is 13.1 Å². The summed E-state index contributed by atoms with van der Waals surface area (Å²) in [4.78, 5) is 17.6. The lowest BCUT2D eigenvalue weighted by Crippen LogP contribution is -2.37. The zero-order valence-corrected chi connectivity index (χ0v) is 8.85. The van der Waals surface area contributed by atoms with Gasteiger partial charge in [0, 0.05) is 25.5 Å². The number of hydrogen-bond donors (Lipinski definition) is 0. The normalized spacial score (nSPS) is 16.1. The van der Waals surface area contributed by atoms with Gasteiger partial charge in [0.25, 0.3) is 0 Å². The van der Waals surface area contributed by atoms with Gasteiger partial charge in [0.05, 0.1) is 19.7 Å². The van der Waals surface area contributed by atoms with Gasteiger partial charge < -0.3 is 9.30 Å². The number of carbonyl (C=O) groups is 1. The van der Waals surface area contributed by atoms with Crippen LogP contribution in [-0.4, -0.2) is 40.1 Å². The highest BCUT2D eigenvalue weighted by atomic mass is 16.5. The summed E-state index contributed by atoms with van der Waals surface area (Å²) in [5, 5.41) is 0. The van der Waals surface area contributed by atoms with Crippen molar-refractivity contribution in [3.63, 3.8) is 0 Å². The smallest absolute Gasteiger partial charge is 0.320 e. The second kappa shape index (κ2) is 4.44. The molecule has 0 radical (unpaired) electrons. The van der Waals surface area contributed by atoms with Gasteiger partial charge in [0.2, 0.25) is 0 Å². The fourth-order valence-electron chi connectivity index (χ4n) is 1.75. The Morgan fingerprint density at radius 3 is 3.27 bits per heavy atom. The Hall–Kier alpha value is -1.36. The van der Waals surface area contributed by atoms with Crippen LogP contribution in [0.3, 0.4) is 0 Å². The predicted molar refractivity (Wildman–Crippen MR) is 54.1 cm³/mol. The molecule has 2 rings (SSSR count). The molecule has 0 N–H and O–H groups in total. The molecular formula is C10H15N3O2. The highest BCUT2D eigenvalue weighted by Crippen LogP contribution is 2.09. The minimum atomic E-state index is -0.155. The second-order valence-electron chi connectivity index (χ2n) is 3.55. The Kier molecular flexibility index (Phi) is 3.01. The Labute approximate surface area is 88.7 Å². The molecule has 82 valence electrons. The van der Waals surface area contributed by atoms with Crippen LogP contribution >= 0.6 is 0 Å². The van der Waals surface area contributed by atoms with E-state index in [-0.39, 0.29) is 5.97 Å². The second-order valence-corrected chi connectivity index (χ2v) is 3.55. The third-order valence-electron chi connectivity index (χ3n) is 2.48. The van der Waals surface area contributed by atoms with Crippen molar-refractivity contribution in [1.82, 2.24) is 14.5 Å². The van der Waals surface area contributed by atoms with E-state index in [0.717, 1.165) is 25.5 Å². The molecule has 0 aromatic carbocycles. The molecule has 1 aromatic rings. The van der Waals surface area contributed by atoms with Crippen LogP contribution in [0.4, 0.5) is 0 Å². The molecule has 0 fully saturated rings. The number of imidazole rings is 1. The molecule has 0 saturated heterocycles. The number of aromatic nitrogens is 2. The molecule has 0 amide bonds. The van der Waals surface area contributed by atoms with Crippen molar-refractivity contribution < 1.29 is 9.53 Å². The lowest BCUT2D eigenvalue weighted by Gasteiger charge is -2.26. The average Bonchev–Trinajstić information content (AvgIpc) is 2.65. The summed E-state index contributed by atoms with van der Waals surface area (Å²) < 4.78 is 7.02. The number of rotatable bonds is 3. The number of esters is 1. The molecule has 0 unspecified atom stereocenters. The molecule has 2 heterocycles. The molecule has 1 aliphatic heterocycles. The summed E-state index contributed by atoms with van der Waals surface area (Å²) in [7, 11) is 0. The SMILES string of the molecule is CCOC(=O)CN1CCn2ccnc2C1. The van der Waals surface area contributed by atoms with Gasteiger partial charge in [0.1, 0.15) is 5.82 Å². The molecule has 1 aliphatic rings. The summed E-state index contributed by atoms with van der Waals surface area (Å²) in [6.45, 7) is 5.13. The first-order chi connectivity index (χ1) is 7.29. The van der Waals surface area contributed by atoms with E-state index in [1.165, 1.54) is 0 Å². The molecule has 0 saturated carbocycles. The van der Waals surface area contributed by atoms with Crippen LogP contribution in [0.15, 0.2) is 12.4 Å². The minimum absolute atomic E-state index is 0.155. The molecule has 15 heavy (non-hydrogen) atoms. The van der Waals surface area contributed by atoms with Gasteiger partial charge in [0.15, 0.2) is 0 Å². The Morgan fingerprint density at radius 1 is 1.60 bits per heavy atom. The van der Waals surface area contributed by atoms with Crippen molar-refractivity contribution in [2.24, 2.45) is 0 Å². The van der Waals surface area contributed by atoms with Crippen molar-refractivity contribution in [3.8, 4) is 0 Å². The van der Waals surface area contributed by atoms with Crippen molar-refractivity contribution in [2.45, 2.75) is 20.0 Å². The molecule has 0 bridgehead atoms. The minimum Gasteiger partial charge on any atom is -0.465 e. The van der Waals surface area contributed by atoms with E-state index in [2.05, 4.69) is 14.5 Å². The standard InChI is InChI=1S/C10H15N3O2/c1-2-15-10(14)8-12-5-6-13-4-3-11-9(13)7-12/h3-4H,2,5-8H2,1H3. The lowest BCUT2D eigenvalue weighted by atomic mass is 10.3. The molecule has 0 atom stereocenters. The number of ether oxygens (including phenoxy) is 1. The topological polar surface area (TPSA) is 47.4 Å². The van der Waals surface area contributed by atoms with Crippen molar-refractivity contribution in [3.05, 3.63) is 18.2 Å². The molecule has 5 nitrogen and oxygen atoms in total. The highest BCUT2D eigenvalue weighted by Gasteiger charge is 2.18. The maximum absolute atomic E-state index is 11.3. The first kappa shape index (κ1) is 10.2. The van der Waals surface area contributed by atoms with E-state index in [0.29, 0.717) is 13.2 Å². The highest BCUT2D eigenvalue weighted by molar-refractivity contribution is 5.71. The van der Waals surface area contributed by atoms with Gasteiger partial charge in [-0.1, -0.05) is 0 Å². The van der Waals surface area contributed by atoms with Gasteiger partial charge in [-0.15, -0.1) is 0 Å². The summed E-state index contributed by atoms with van der Waals surface area (Å²) in [6.07, 6.45) is 3.76. The van der Waals surface area contributed by atoms with E-state index >= 15 is 0 Å². The maximum atomic E-state index is 11.3. The van der Waals surface area contributed by atoms with Crippen LogP contribution in [0.1, 0.15) is 12.7 Å². The third kappa shape index (κ3) is 2.36. The summed E-state index contributed by atoms with van der Waals surface area (Å²) >= 11 is 0. The van der Waals surface area contributed by atoms with Crippen LogP contribution in [0.5, 0.6) is 0 Å². The third-order valence-corrected chi connectivity index (χ3v) is 2.48.